The molecule has 1 aliphatic heterocycles. The Morgan fingerprint density at radius 3 is 2.42 bits per heavy atom. The first-order valence-electron chi connectivity index (χ1n) is 10.4. The number of piperazine rings is 1. The normalized spacial score (nSPS) is 14.0. The lowest BCUT2D eigenvalue weighted by molar-refractivity contribution is 0.0740. The zero-order valence-corrected chi connectivity index (χ0v) is 17.7. The van der Waals surface area contributed by atoms with Crippen LogP contribution in [0.3, 0.4) is 0 Å². The maximum Gasteiger partial charge on any atom is 0.272 e. The van der Waals surface area contributed by atoms with E-state index in [1.807, 2.05) is 29.8 Å². The lowest BCUT2D eigenvalue weighted by atomic mass is 10.1. The number of halogens is 2. The highest BCUT2D eigenvalue weighted by Gasteiger charge is 2.25. The van der Waals surface area contributed by atoms with Crippen molar-refractivity contribution in [2.24, 2.45) is 0 Å². The highest BCUT2D eigenvalue weighted by molar-refractivity contribution is 5.93. The second-order valence-corrected chi connectivity index (χ2v) is 7.66. The van der Waals surface area contributed by atoms with Gasteiger partial charge in [0.05, 0.1) is 5.69 Å². The third kappa shape index (κ3) is 4.04. The van der Waals surface area contributed by atoms with E-state index in [2.05, 4.69) is 30.3 Å². The van der Waals surface area contributed by atoms with Gasteiger partial charge in [0, 0.05) is 50.2 Å². The minimum atomic E-state index is -0.732. The molecule has 0 aliphatic carbocycles. The molecule has 0 spiro atoms. The summed E-state index contributed by atoms with van der Waals surface area (Å²) in [7, 11) is 0. The number of anilines is 1. The topological polar surface area (TPSA) is 95.8 Å². The summed E-state index contributed by atoms with van der Waals surface area (Å²) < 4.78 is 29.0. The Balaban J connectivity index is 1.23. The third-order valence-corrected chi connectivity index (χ3v) is 5.62. The van der Waals surface area contributed by atoms with Crippen LogP contribution in [0.1, 0.15) is 16.3 Å². The molecule has 5 rings (SSSR count). The first-order valence-corrected chi connectivity index (χ1v) is 10.4. The molecule has 0 radical (unpaired) electrons. The molecule has 0 unspecified atom stereocenters. The van der Waals surface area contributed by atoms with E-state index in [9.17, 15) is 13.6 Å². The lowest BCUT2D eigenvalue weighted by Crippen LogP contribution is -2.49. The molecule has 0 bridgehead atoms. The SMILES string of the molecule is Cc1nccn1-c1ccc(N2CCN(C(=O)c3cc(-c4ccc(F)cc4F)n[nH]3)CC2)nn1. The Kier molecular flexibility index (Phi) is 5.29. The zero-order chi connectivity index (χ0) is 22.9. The summed E-state index contributed by atoms with van der Waals surface area (Å²) in [5, 5.41) is 15.3. The van der Waals surface area contributed by atoms with Crippen LogP contribution >= 0.6 is 0 Å². The molecule has 1 fully saturated rings. The molecule has 33 heavy (non-hydrogen) atoms. The van der Waals surface area contributed by atoms with E-state index in [1.165, 1.54) is 12.1 Å². The molecule has 3 aromatic heterocycles. The Hall–Kier alpha value is -4.15. The van der Waals surface area contributed by atoms with Crippen LogP contribution in [0.25, 0.3) is 17.1 Å². The summed E-state index contributed by atoms with van der Waals surface area (Å²) in [5.74, 6) is 0.622. The number of benzene rings is 1. The number of aryl methyl sites for hydroxylation is 1. The zero-order valence-electron chi connectivity index (χ0n) is 17.7. The first-order chi connectivity index (χ1) is 16.0. The Bertz CT molecular complexity index is 1290. The van der Waals surface area contributed by atoms with Crippen molar-refractivity contribution in [2.75, 3.05) is 31.1 Å². The maximum atomic E-state index is 14.0. The fraction of sp³-hybridized carbons (Fsp3) is 0.227. The fourth-order valence-electron chi connectivity index (χ4n) is 3.81. The van der Waals surface area contributed by atoms with Crippen molar-refractivity contribution in [3.05, 3.63) is 71.9 Å². The van der Waals surface area contributed by atoms with Gasteiger partial charge in [-0.25, -0.2) is 13.8 Å². The molecule has 11 heteroatoms. The van der Waals surface area contributed by atoms with E-state index in [1.54, 1.807) is 11.1 Å². The van der Waals surface area contributed by atoms with Crippen LogP contribution in [0, 0.1) is 18.6 Å². The molecular weight excluding hydrogens is 430 g/mol. The van der Waals surface area contributed by atoms with Gasteiger partial charge < -0.3 is 9.80 Å². The van der Waals surface area contributed by atoms with E-state index in [-0.39, 0.29) is 22.9 Å². The van der Waals surface area contributed by atoms with Crippen molar-refractivity contribution in [1.82, 2.24) is 34.8 Å². The van der Waals surface area contributed by atoms with Crippen molar-refractivity contribution < 1.29 is 13.6 Å². The fourth-order valence-corrected chi connectivity index (χ4v) is 3.81. The monoisotopic (exact) mass is 450 g/mol. The van der Waals surface area contributed by atoms with Crippen LogP contribution in [-0.4, -0.2) is 66.9 Å². The summed E-state index contributed by atoms with van der Waals surface area (Å²) >= 11 is 0. The summed E-state index contributed by atoms with van der Waals surface area (Å²) in [6.07, 6.45) is 3.54. The second-order valence-electron chi connectivity index (χ2n) is 7.66. The molecule has 4 aromatic rings. The van der Waals surface area contributed by atoms with Gasteiger partial charge in [-0.05, 0) is 37.3 Å². The van der Waals surface area contributed by atoms with Crippen molar-refractivity contribution in [2.45, 2.75) is 6.92 Å². The molecule has 9 nitrogen and oxygen atoms in total. The van der Waals surface area contributed by atoms with Gasteiger partial charge in [0.2, 0.25) is 0 Å². The Morgan fingerprint density at radius 2 is 1.76 bits per heavy atom. The van der Waals surface area contributed by atoms with Gasteiger partial charge in [-0.2, -0.15) is 5.10 Å². The van der Waals surface area contributed by atoms with E-state index >= 15 is 0 Å². The van der Waals surface area contributed by atoms with Crippen LogP contribution < -0.4 is 4.90 Å². The number of aromatic nitrogens is 6. The third-order valence-electron chi connectivity index (χ3n) is 5.62. The Labute approximate surface area is 187 Å². The number of rotatable bonds is 4. The standard InChI is InChI=1S/C22H20F2N8O/c1-14-25-6-7-32(14)21-5-4-20(28-29-21)30-8-10-31(11-9-30)22(33)19-13-18(26-27-19)16-3-2-15(23)12-17(16)24/h2-7,12-13H,8-11H2,1H3,(H,26,27). The van der Waals surface area contributed by atoms with Gasteiger partial charge in [-0.1, -0.05) is 0 Å². The summed E-state index contributed by atoms with van der Waals surface area (Å²) in [5.41, 5.74) is 0.629. The molecule has 168 valence electrons. The van der Waals surface area contributed by atoms with Crippen LogP contribution in [0.4, 0.5) is 14.6 Å². The lowest BCUT2D eigenvalue weighted by Gasteiger charge is -2.34. The predicted molar refractivity (Wildman–Crippen MR) is 116 cm³/mol. The van der Waals surface area contributed by atoms with Crippen LogP contribution in [0.15, 0.2) is 48.8 Å². The number of nitrogens with one attached hydrogen (secondary N) is 1. The van der Waals surface area contributed by atoms with Crippen LogP contribution in [0.2, 0.25) is 0 Å². The van der Waals surface area contributed by atoms with Crippen molar-refractivity contribution in [3.8, 4) is 17.1 Å². The number of amides is 1. The van der Waals surface area contributed by atoms with Gasteiger partial charge in [-0.15, -0.1) is 10.2 Å². The van der Waals surface area contributed by atoms with Gasteiger partial charge in [0.15, 0.2) is 11.6 Å². The summed E-state index contributed by atoms with van der Waals surface area (Å²) in [4.78, 5) is 20.8. The number of carbonyl (C=O) groups is 1. The van der Waals surface area contributed by atoms with E-state index in [0.29, 0.717) is 32.0 Å². The minimum absolute atomic E-state index is 0.129. The van der Waals surface area contributed by atoms with Crippen molar-refractivity contribution in [3.63, 3.8) is 0 Å². The van der Waals surface area contributed by atoms with Gasteiger partial charge >= 0.3 is 0 Å². The van der Waals surface area contributed by atoms with E-state index in [0.717, 1.165) is 23.8 Å². The highest BCUT2D eigenvalue weighted by atomic mass is 19.1. The first kappa shape index (κ1) is 20.7. The van der Waals surface area contributed by atoms with Gasteiger partial charge in [-0.3, -0.25) is 14.5 Å². The van der Waals surface area contributed by atoms with Gasteiger partial charge in [0.25, 0.3) is 5.91 Å². The molecule has 4 heterocycles. The highest BCUT2D eigenvalue weighted by Crippen LogP contribution is 2.23. The largest absolute Gasteiger partial charge is 0.352 e. The number of nitrogens with zero attached hydrogens (tertiary/aromatic N) is 7. The molecular formula is C22H20F2N8O. The molecule has 1 N–H and O–H groups in total. The second kappa shape index (κ2) is 8.41. The van der Waals surface area contributed by atoms with Crippen molar-refractivity contribution >= 4 is 11.7 Å². The van der Waals surface area contributed by atoms with Crippen LogP contribution in [-0.2, 0) is 0 Å². The molecule has 1 aromatic carbocycles. The Morgan fingerprint density at radius 1 is 1.00 bits per heavy atom. The number of hydrogen-bond acceptors (Lipinski definition) is 6. The van der Waals surface area contributed by atoms with Gasteiger partial charge in [0.1, 0.15) is 23.2 Å². The molecule has 1 amide bonds. The quantitative estimate of drug-likeness (QED) is 0.514. The average Bonchev–Trinajstić information content (AvgIpc) is 3.48. The number of carbonyl (C=O) groups excluding carboxylic acids is 1. The summed E-state index contributed by atoms with van der Waals surface area (Å²) in [6, 6.07) is 8.51. The molecule has 0 atom stereocenters. The number of H-pyrrole nitrogens is 1. The maximum absolute atomic E-state index is 14.0. The van der Waals surface area contributed by atoms with Crippen molar-refractivity contribution in [1.29, 1.82) is 0 Å². The smallest absolute Gasteiger partial charge is 0.272 e. The number of hydrogen-bond donors (Lipinski definition) is 1. The van der Waals surface area contributed by atoms with E-state index < -0.39 is 11.6 Å². The summed E-state index contributed by atoms with van der Waals surface area (Å²) in [6.45, 7) is 4.06. The predicted octanol–water partition coefficient (Wildman–Crippen LogP) is 2.60. The number of aromatic amines is 1. The molecule has 1 saturated heterocycles. The average molecular weight is 450 g/mol. The molecule has 0 saturated carbocycles. The van der Waals surface area contributed by atoms with E-state index in [4.69, 9.17) is 0 Å². The minimum Gasteiger partial charge on any atom is -0.352 e. The van der Waals surface area contributed by atoms with Crippen LogP contribution in [0.5, 0.6) is 0 Å². The molecule has 1 aliphatic rings. The number of imidazole rings is 1.